The third-order valence-electron chi connectivity index (χ3n) is 7.37. The molecule has 2 saturated heterocycles. The van der Waals surface area contributed by atoms with Gasteiger partial charge in [-0.15, -0.1) is 0 Å². The molecule has 10 heteroatoms. The standard InChI is InChI=1S/C29H35N7O3/c1-39-20-13-27(37)35-18-16-34(17-19-35)23-10-6-22(7-11-23)32-29-31-14-12-25(33-29)21-4-8-24(9-5-21)36-15-2-3-26(36)28(30)38/h4-12,14,26H,2-3,13,15-20H2,1H3,(H2,30,38)(H,31,32,33)/t26-/m1/s1. The Balaban J connectivity index is 1.19. The van der Waals surface area contributed by atoms with Crippen LogP contribution in [0.1, 0.15) is 19.3 Å². The van der Waals surface area contributed by atoms with E-state index < -0.39 is 0 Å². The average Bonchev–Trinajstić information content (AvgIpc) is 3.47. The number of methoxy groups -OCH3 is 1. The zero-order valence-corrected chi connectivity index (χ0v) is 22.3. The molecule has 0 unspecified atom stereocenters. The Hall–Kier alpha value is -4.18. The summed E-state index contributed by atoms with van der Waals surface area (Å²) in [4.78, 5) is 39.4. The molecule has 2 aliphatic rings. The lowest BCUT2D eigenvalue weighted by atomic mass is 10.1. The van der Waals surface area contributed by atoms with E-state index in [0.717, 1.165) is 60.8 Å². The second-order valence-electron chi connectivity index (χ2n) is 9.85. The number of carbonyl (C=O) groups excluding carboxylic acids is 2. The van der Waals surface area contributed by atoms with Crippen LogP contribution in [0.15, 0.2) is 60.8 Å². The molecule has 2 aromatic carbocycles. The minimum absolute atomic E-state index is 0.150. The van der Waals surface area contributed by atoms with E-state index in [-0.39, 0.29) is 17.9 Å². The van der Waals surface area contributed by atoms with Crippen LogP contribution in [0.3, 0.4) is 0 Å². The van der Waals surface area contributed by atoms with Crippen molar-refractivity contribution in [3.63, 3.8) is 0 Å². The smallest absolute Gasteiger partial charge is 0.240 e. The number of hydrogen-bond donors (Lipinski definition) is 2. The van der Waals surface area contributed by atoms with Gasteiger partial charge in [0.25, 0.3) is 0 Å². The number of piperazine rings is 1. The molecule has 0 spiro atoms. The minimum Gasteiger partial charge on any atom is -0.384 e. The predicted molar refractivity (Wildman–Crippen MR) is 152 cm³/mol. The maximum atomic E-state index is 12.2. The van der Waals surface area contributed by atoms with Gasteiger partial charge in [0.2, 0.25) is 17.8 Å². The van der Waals surface area contributed by atoms with Crippen molar-refractivity contribution < 1.29 is 14.3 Å². The van der Waals surface area contributed by atoms with Gasteiger partial charge >= 0.3 is 0 Å². The molecule has 0 saturated carbocycles. The molecule has 3 heterocycles. The lowest BCUT2D eigenvalue weighted by Crippen LogP contribution is -2.49. The van der Waals surface area contributed by atoms with Crippen molar-refractivity contribution in [3.8, 4) is 11.3 Å². The Labute approximate surface area is 228 Å². The Morgan fingerprint density at radius 1 is 0.974 bits per heavy atom. The quantitative estimate of drug-likeness (QED) is 0.435. The second kappa shape index (κ2) is 12.1. The number of anilines is 4. The summed E-state index contributed by atoms with van der Waals surface area (Å²) in [5, 5.41) is 3.30. The highest BCUT2D eigenvalue weighted by atomic mass is 16.5. The van der Waals surface area contributed by atoms with Crippen molar-refractivity contribution in [1.82, 2.24) is 14.9 Å². The Morgan fingerprint density at radius 2 is 1.69 bits per heavy atom. The first-order valence-electron chi connectivity index (χ1n) is 13.4. The minimum atomic E-state index is -0.274. The molecule has 2 amide bonds. The predicted octanol–water partition coefficient (Wildman–Crippen LogP) is 3.03. The van der Waals surface area contributed by atoms with E-state index in [2.05, 4.69) is 32.2 Å². The summed E-state index contributed by atoms with van der Waals surface area (Å²) in [6.45, 7) is 4.33. The molecular weight excluding hydrogens is 494 g/mol. The van der Waals surface area contributed by atoms with E-state index in [0.29, 0.717) is 32.1 Å². The van der Waals surface area contributed by atoms with E-state index in [1.165, 1.54) is 0 Å². The molecule has 0 aliphatic carbocycles. The maximum absolute atomic E-state index is 12.2. The van der Waals surface area contributed by atoms with Crippen LogP contribution in [-0.2, 0) is 14.3 Å². The van der Waals surface area contributed by atoms with Crippen LogP contribution in [0.25, 0.3) is 11.3 Å². The van der Waals surface area contributed by atoms with Gasteiger partial charge in [0, 0.05) is 68.7 Å². The summed E-state index contributed by atoms with van der Waals surface area (Å²) in [6, 6.07) is 17.9. The van der Waals surface area contributed by atoms with Gasteiger partial charge < -0.3 is 30.5 Å². The number of amides is 2. The van der Waals surface area contributed by atoms with E-state index in [9.17, 15) is 9.59 Å². The van der Waals surface area contributed by atoms with Gasteiger partial charge in [-0.05, 0) is 55.3 Å². The van der Waals surface area contributed by atoms with Crippen molar-refractivity contribution in [3.05, 3.63) is 60.8 Å². The van der Waals surface area contributed by atoms with E-state index in [1.54, 1.807) is 13.3 Å². The highest BCUT2D eigenvalue weighted by molar-refractivity contribution is 5.84. The molecule has 3 aromatic rings. The first kappa shape index (κ1) is 26.4. The van der Waals surface area contributed by atoms with Gasteiger partial charge in [-0.3, -0.25) is 9.59 Å². The number of hydrogen-bond acceptors (Lipinski definition) is 8. The van der Waals surface area contributed by atoms with Gasteiger partial charge in [0.1, 0.15) is 6.04 Å². The zero-order chi connectivity index (χ0) is 27.2. The highest BCUT2D eigenvalue weighted by Crippen LogP contribution is 2.28. The summed E-state index contributed by atoms with van der Waals surface area (Å²) in [7, 11) is 1.61. The number of aromatic nitrogens is 2. The summed E-state index contributed by atoms with van der Waals surface area (Å²) in [5.74, 6) is 0.391. The summed E-state index contributed by atoms with van der Waals surface area (Å²) < 4.78 is 5.02. The first-order chi connectivity index (χ1) is 19.0. The number of ether oxygens (including phenoxy) is 1. The van der Waals surface area contributed by atoms with Crippen LogP contribution in [0, 0.1) is 0 Å². The van der Waals surface area contributed by atoms with Crippen molar-refractivity contribution in [1.29, 1.82) is 0 Å². The highest BCUT2D eigenvalue weighted by Gasteiger charge is 2.29. The third-order valence-corrected chi connectivity index (χ3v) is 7.37. The number of nitrogens with zero attached hydrogens (tertiary/aromatic N) is 5. The molecular formula is C29H35N7O3. The van der Waals surface area contributed by atoms with Crippen LogP contribution in [0.4, 0.5) is 23.0 Å². The SMILES string of the molecule is COCCC(=O)N1CCN(c2ccc(Nc3nccc(-c4ccc(N5CCC[C@@H]5C(N)=O)cc4)n3)cc2)CC1. The normalized spacial score (nSPS) is 17.4. The molecule has 10 nitrogen and oxygen atoms in total. The number of benzene rings is 2. The van der Waals surface area contributed by atoms with Crippen molar-refractivity contribution in [2.24, 2.45) is 5.73 Å². The largest absolute Gasteiger partial charge is 0.384 e. The van der Waals surface area contributed by atoms with Gasteiger partial charge in [-0.1, -0.05) is 12.1 Å². The molecule has 204 valence electrons. The molecule has 39 heavy (non-hydrogen) atoms. The van der Waals surface area contributed by atoms with E-state index in [1.807, 2.05) is 47.4 Å². The molecule has 1 aromatic heterocycles. The van der Waals surface area contributed by atoms with Gasteiger partial charge in [0.15, 0.2) is 0 Å². The lowest BCUT2D eigenvalue weighted by Gasteiger charge is -2.36. The van der Waals surface area contributed by atoms with Crippen LogP contribution in [-0.4, -0.2) is 79.2 Å². The Kier molecular flexibility index (Phi) is 8.21. The van der Waals surface area contributed by atoms with Gasteiger partial charge in [0.05, 0.1) is 18.7 Å². The van der Waals surface area contributed by atoms with Crippen LogP contribution in [0.5, 0.6) is 0 Å². The topological polar surface area (TPSA) is 117 Å². The first-order valence-corrected chi connectivity index (χ1v) is 13.4. The Morgan fingerprint density at radius 3 is 2.38 bits per heavy atom. The molecule has 3 N–H and O–H groups in total. The molecule has 5 rings (SSSR count). The van der Waals surface area contributed by atoms with Crippen molar-refractivity contribution in [2.45, 2.75) is 25.3 Å². The number of carbonyl (C=O) groups is 2. The lowest BCUT2D eigenvalue weighted by molar-refractivity contribution is -0.132. The number of primary amides is 1. The monoisotopic (exact) mass is 529 g/mol. The summed E-state index contributed by atoms with van der Waals surface area (Å²) in [6.07, 6.45) is 3.93. The number of nitrogens with one attached hydrogen (secondary N) is 1. The van der Waals surface area contributed by atoms with E-state index >= 15 is 0 Å². The van der Waals surface area contributed by atoms with Crippen molar-refractivity contribution >= 4 is 34.8 Å². The van der Waals surface area contributed by atoms with Crippen LogP contribution < -0.4 is 20.9 Å². The summed E-state index contributed by atoms with van der Waals surface area (Å²) in [5.41, 5.74) is 10.4. The van der Waals surface area contributed by atoms with E-state index in [4.69, 9.17) is 15.5 Å². The second-order valence-corrected chi connectivity index (χ2v) is 9.85. The molecule has 0 bridgehead atoms. The molecule has 2 fully saturated rings. The third kappa shape index (κ3) is 6.28. The maximum Gasteiger partial charge on any atom is 0.240 e. The van der Waals surface area contributed by atoms with Crippen LogP contribution in [0.2, 0.25) is 0 Å². The summed E-state index contributed by atoms with van der Waals surface area (Å²) >= 11 is 0. The van der Waals surface area contributed by atoms with Gasteiger partial charge in [-0.2, -0.15) is 0 Å². The fourth-order valence-corrected chi connectivity index (χ4v) is 5.22. The molecule has 1 atom stereocenters. The number of rotatable bonds is 9. The zero-order valence-electron chi connectivity index (χ0n) is 22.3. The van der Waals surface area contributed by atoms with Gasteiger partial charge in [-0.25, -0.2) is 9.97 Å². The van der Waals surface area contributed by atoms with Crippen LogP contribution >= 0.6 is 0 Å². The Bertz CT molecular complexity index is 1270. The fourth-order valence-electron chi connectivity index (χ4n) is 5.22. The fraction of sp³-hybridized carbons (Fsp3) is 0.379. The molecule has 0 radical (unpaired) electrons. The molecule has 2 aliphatic heterocycles. The number of nitrogens with two attached hydrogens (primary N) is 1. The average molecular weight is 530 g/mol. The van der Waals surface area contributed by atoms with Crippen molar-refractivity contribution in [2.75, 3.05) is 61.6 Å².